The molecule has 0 amide bonds. The van der Waals surface area contributed by atoms with E-state index in [1.807, 2.05) is 0 Å². The summed E-state index contributed by atoms with van der Waals surface area (Å²) in [5.74, 6) is -1.38. The molecule has 1 heterocycles. The highest BCUT2D eigenvalue weighted by Gasteiger charge is 2.35. The number of alkyl halides is 3. The normalized spacial score (nSPS) is 11.6. The van der Waals surface area contributed by atoms with E-state index in [2.05, 4.69) is 22.2 Å². The minimum absolute atomic E-state index is 0.0679. The highest BCUT2D eigenvalue weighted by atomic mass is 19.4. The van der Waals surface area contributed by atoms with Crippen LogP contribution in [0.4, 0.5) is 24.8 Å². The average Bonchev–Trinajstić information content (AvgIpc) is 2.36. The number of unbranched alkanes of at least 4 members (excludes halogenated alkanes) is 1. The lowest BCUT2D eigenvalue weighted by Crippen LogP contribution is -2.15. The molecule has 0 saturated carbocycles. The van der Waals surface area contributed by atoms with Crippen molar-refractivity contribution in [2.75, 3.05) is 30.8 Å². The average molecular weight is 292 g/mol. The second-order valence-corrected chi connectivity index (χ2v) is 4.25. The van der Waals surface area contributed by atoms with Crippen LogP contribution < -0.4 is 11.1 Å². The summed E-state index contributed by atoms with van der Waals surface area (Å²) in [6.45, 7) is 3.79. The molecule has 0 bridgehead atoms. The van der Waals surface area contributed by atoms with Gasteiger partial charge in [0.15, 0.2) is 0 Å². The van der Waals surface area contributed by atoms with Crippen LogP contribution in [0.25, 0.3) is 0 Å². The van der Waals surface area contributed by atoms with Crippen molar-refractivity contribution in [2.45, 2.75) is 32.4 Å². The van der Waals surface area contributed by atoms with Crippen LogP contribution >= 0.6 is 0 Å². The maximum Gasteiger partial charge on any atom is 0.451 e. The number of anilines is 2. The molecule has 0 aliphatic carbocycles. The lowest BCUT2D eigenvalue weighted by Gasteiger charge is -2.10. The van der Waals surface area contributed by atoms with Crippen molar-refractivity contribution >= 4 is 11.6 Å². The molecule has 1 aromatic rings. The van der Waals surface area contributed by atoms with Crippen molar-refractivity contribution in [3.8, 4) is 0 Å². The molecule has 8 heteroatoms. The molecule has 0 fully saturated rings. The number of halogens is 3. The molecule has 114 valence electrons. The van der Waals surface area contributed by atoms with Gasteiger partial charge in [-0.15, -0.1) is 0 Å². The summed E-state index contributed by atoms with van der Waals surface area (Å²) in [4.78, 5) is 6.54. The number of aromatic nitrogens is 2. The fourth-order valence-corrected chi connectivity index (χ4v) is 1.42. The Hall–Kier alpha value is -1.57. The van der Waals surface area contributed by atoms with E-state index in [-0.39, 0.29) is 11.6 Å². The smallest absolute Gasteiger partial charge is 0.384 e. The van der Waals surface area contributed by atoms with E-state index >= 15 is 0 Å². The van der Waals surface area contributed by atoms with Gasteiger partial charge in [-0.1, -0.05) is 13.3 Å². The highest BCUT2D eigenvalue weighted by Crippen LogP contribution is 2.27. The quantitative estimate of drug-likeness (QED) is 0.721. The van der Waals surface area contributed by atoms with Gasteiger partial charge in [0.1, 0.15) is 11.6 Å². The first kappa shape index (κ1) is 16.5. The van der Waals surface area contributed by atoms with Gasteiger partial charge in [0.2, 0.25) is 5.82 Å². The molecule has 5 nitrogen and oxygen atoms in total. The van der Waals surface area contributed by atoms with Crippen molar-refractivity contribution in [2.24, 2.45) is 0 Å². The van der Waals surface area contributed by atoms with E-state index in [0.717, 1.165) is 12.8 Å². The fraction of sp³-hybridized carbons (Fsp3) is 0.667. The maximum absolute atomic E-state index is 12.5. The molecule has 0 unspecified atom stereocenters. The standard InChI is InChI=1S/C12H19F3N4O/c1-2-3-6-20-7-4-5-17-10-8-9(16)18-11(19-10)12(13,14)15/h8H,2-7H2,1H3,(H3,16,17,18,19). The Morgan fingerprint density at radius 3 is 2.60 bits per heavy atom. The molecule has 0 atom stereocenters. The van der Waals surface area contributed by atoms with Crippen molar-refractivity contribution in [1.82, 2.24) is 9.97 Å². The summed E-state index contributed by atoms with van der Waals surface area (Å²) in [7, 11) is 0. The largest absolute Gasteiger partial charge is 0.451 e. The number of rotatable bonds is 8. The molecule has 1 rings (SSSR count). The van der Waals surface area contributed by atoms with E-state index in [9.17, 15) is 13.2 Å². The zero-order valence-electron chi connectivity index (χ0n) is 11.3. The molecule has 3 N–H and O–H groups in total. The predicted molar refractivity (Wildman–Crippen MR) is 70.3 cm³/mol. The number of ether oxygens (including phenoxy) is 1. The first-order valence-corrected chi connectivity index (χ1v) is 6.47. The van der Waals surface area contributed by atoms with Gasteiger partial charge in [-0.25, -0.2) is 9.97 Å². The summed E-state index contributed by atoms with van der Waals surface area (Å²) in [6, 6.07) is 1.27. The lowest BCUT2D eigenvalue weighted by molar-refractivity contribution is -0.144. The Balaban J connectivity index is 2.39. The molecule has 0 saturated heterocycles. The Kier molecular flexibility index (Phi) is 6.50. The summed E-state index contributed by atoms with van der Waals surface area (Å²) >= 11 is 0. The van der Waals surface area contributed by atoms with Crippen molar-refractivity contribution in [3.05, 3.63) is 11.9 Å². The van der Waals surface area contributed by atoms with Crippen molar-refractivity contribution in [1.29, 1.82) is 0 Å². The molecule has 0 aromatic carbocycles. The van der Waals surface area contributed by atoms with Crippen LogP contribution in [0.2, 0.25) is 0 Å². The number of nitrogen functional groups attached to an aromatic ring is 1. The van der Waals surface area contributed by atoms with Crippen LogP contribution in [-0.2, 0) is 10.9 Å². The molecule has 0 radical (unpaired) electrons. The molecule has 0 aliphatic heterocycles. The van der Waals surface area contributed by atoms with Crippen LogP contribution in [0.3, 0.4) is 0 Å². The van der Waals surface area contributed by atoms with Gasteiger partial charge >= 0.3 is 6.18 Å². The first-order valence-electron chi connectivity index (χ1n) is 6.47. The predicted octanol–water partition coefficient (Wildman–Crippen LogP) is 2.70. The van der Waals surface area contributed by atoms with Crippen LogP contribution in [0.5, 0.6) is 0 Å². The molecular formula is C12H19F3N4O. The van der Waals surface area contributed by atoms with Crippen LogP contribution in [0.15, 0.2) is 6.07 Å². The minimum atomic E-state index is -4.60. The van der Waals surface area contributed by atoms with E-state index in [1.54, 1.807) is 0 Å². The third kappa shape index (κ3) is 6.05. The van der Waals surface area contributed by atoms with Gasteiger partial charge in [-0.2, -0.15) is 13.2 Å². The summed E-state index contributed by atoms with van der Waals surface area (Å²) < 4.78 is 42.8. The zero-order valence-corrected chi connectivity index (χ0v) is 11.3. The van der Waals surface area contributed by atoms with E-state index in [4.69, 9.17) is 10.5 Å². The Morgan fingerprint density at radius 2 is 1.95 bits per heavy atom. The number of hydrogen-bond donors (Lipinski definition) is 2. The van der Waals surface area contributed by atoms with Crippen LogP contribution in [-0.4, -0.2) is 29.7 Å². The van der Waals surface area contributed by atoms with Crippen LogP contribution in [0.1, 0.15) is 32.0 Å². The van der Waals surface area contributed by atoms with Gasteiger partial charge < -0.3 is 15.8 Å². The summed E-state index contributed by atoms with van der Waals surface area (Å²) in [6.07, 6.45) is -1.85. The van der Waals surface area contributed by atoms with E-state index in [1.165, 1.54) is 6.07 Å². The number of hydrogen-bond acceptors (Lipinski definition) is 5. The minimum Gasteiger partial charge on any atom is -0.384 e. The summed E-state index contributed by atoms with van der Waals surface area (Å²) in [5, 5.41) is 2.78. The molecule has 20 heavy (non-hydrogen) atoms. The van der Waals surface area contributed by atoms with E-state index < -0.39 is 12.0 Å². The van der Waals surface area contributed by atoms with E-state index in [0.29, 0.717) is 26.2 Å². The second kappa shape index (κ2) is 7.88. The first-order chi connectivity index (χ1) is 9.43. The summed E-state index contributed by atoms with van der Waals surface area (Å²) in [5.41, 5.74) is 5.33. The molecule has 0 spiro atoms. The maximum atomic E-state index is 12.5. The number of nitrogens with two attached hydrogens (primary N) is 1. The zero-order chi connectivity index (χ0) is 15.0. The molecule has 1 aromatic heterocycles. The third-order valence-corrected chi connectivity index (χ3v) is 2.41. The van der Waals surface area contributed by atoms with Crippen LogP contribution in [0, 0.1) is 0 Å². The number of nitrogens with zero attached hydrogens (tertiary/aromatic N) is 2. The van der Waals surface area contributed by atoms with Gasteiger partial charge in [0.25, 0.3) is 0 Å². The highest BCUT2D eigenvalue weighted by molar-refractivity contribution is 5.44. The fourth-order valence-electron chi connectivity index (χ4n) is 1.42. The lowest BCUT2D eigenvalue weighted by atomic mass is 10.3. The second-order valence-electron chi connectivity index (χ2n) is 4.25. The van der Waals surface area contributed by atoms with Crippen molar-refractivity contribution in [3.63, 3.8) is 0 Å². The SMILES string of the molecule is CCCCOCCCNc1cc(N)nc(C(F)(F)F)n1. The van der Waals surface area contributed by atoms with Gasteiger partial charge in [0.05, 0.1) is 0 Å². The Labute approximate surface area is 115 Å². The van der Waals surface area contributed by atoms with Gasteiger partial charge in [0, 0.05) is 25.8 Å². The molecule has 0 aliphatic rings. The van der Waals surface area contributed by atoms with Gasteiger partial charge in [-0.05, 0) is 12.8 Å². The number of nitrogens with one attached hydrogen (secondary N) is 1. The Morgan fingerprint density at radius 1 is 1.25 bits per heavy atom. The van der Waals surface area contributed by atoms with Crippen molar-refractivity contribution < 1.29 is 17.9 Å². The Bertz CT molecular complexity index is 412. The third-order valence-electron chi connectivity index (χ3n) is 2.41. The topological polar surface area (TPSA) is 73.1 Å². The monoisotopic (exact) mass is 292 g/mol. The van der Waals surface area contributed by atoms with Gasteiger partial charge in [-0.3, -0.25) is 0 Å². The molecular weight excluding hydrogens is 273 g/mol.